The van der Waals surface area contributed by atoms with Crippen LogP contribution < -0.4 is 26.7 Å². The van der Waals surface area contributed by atoms with Gasteiger partial charge in [0.2, 0.25) is 16.0 Å². The highest BCUT2D eigenvalue weighted by molar-refractivity contribution is 7.89. The lowest BCUT2D eigenvalue weighted by Gasteiger charge is -2.16. The number of nitrogen functional groups attached to an aromatic ring is 1. The molecule has 2 rings (SSSR count). The number of nitrogens with zero attached hydrogens (tertiary/aromatic N) is 1. The molecule has 0 aliphatic rings. The van der Waals surface area contributed by atoms with E-state index in [9.17, 15) is 18.3 Å². The van der Waals surface area contributed by atoms with Crippen LogP contribution in [0.1, 0.15) is 12.0 Å². The minimum absolute atomic E-state index is 0.0318. The molecule has 0 amide bonds. The summed E-state index contributed by atoms with van der Waals surface area (Å²) in [5, 5.41) is 12.9. The maximum Gasteiger partial charge on any atom is 0.322 e. The summed E-state index contributed by atoms with van der Waals surface area (Å²) in [7, 11) is -4.11. The molecule has 2 aromatic carbocycles. The third-order valence-electron chi connectivity index (χ3n) is 3.99. The largest absolute Gasteiger partial charge is 0.493 e. The molecule has 0 saturated heterocycles. The predicted molar refractivity (Wildman–Crippen MR) is 115 cm³/mol. The van der Waals surface area contributed by atoms with E-state index < -0.39 is 22.0 Å². The van der Waals surface area contributed by atoms with E-state index in [1.807, 2.05) is 0 Å². The van der Waals surface area contributed by atoms with Crippen molar-refractivity contribution in [1.29, 1.82) is 0 Å². The Balaban J connectivity index is 1.94. The van der Waals surface area contributed by atoms with Crippen LogP contribution in [0.2, 0.25) is 0 Å². The Morgan fingerprint density at radius 2 is 1.77 bits per heavy atom. The zero-order chi connectivity index (χ0) is 22.9. The molecule has 0 aliphatic heterocycles. The Kier molecular flexibility index (Phi) is 8.46. The normalized spacial score (nSPS) is 12.0. The van der Waals surface area contributed by atoms with E-state index in [0.717, 1.165) is 0 Å². The minimum Gasteiger partial charge on any atom is -0.493 e. The van der Waals surface area contributed by atoms with Crippen molar-refractivity contribution in [1.82, 2.24) is 4.72 Å². The smallest absolute Gasteiger partial charge is 0.322 e. The van der Waals surface area contributed by atoms with Crippen LogP contribution in [0, 0.1) is 0 Å². The van der Waals surface area contributed by atoms with Crippen molar-refractivity contribution in [3.8, 4) is 5.75 Å². The number of rotatable bonds is 12. The van der Waals surface area contributed by atoms with Gasteiger partial charge in [-0.2, -0.15) is 4.72 Å². The molecule has 0 fully saturated rings. The van der Waals surface area contributed by atoms with Crippen molar-refractivity contribution in [2.75, 3.05) is 18.9 Å². The lowest BCUT2D eigenvalue weighted by Crippen LogP contribution is -2.42. The number of anilines is 1. The Labute approximate surface area is 179 Å². The summed E-state index contributed by atoms with van der Waals surface area (Å²) in [6.07, 6.45) is 0.484. The molecular formula is C19H25N5O6S. The van der Waals surface area contributed by atoms with Crippen molar-refractivity contribution in [3.63, 3.8) is 0 Å². The maximum atomic E-state index is 12.5. The van der Waals surface area contributed by atoms with Gasteiger partial charge in [-0.15, -0.1) is 0 Å². The van der Waals surface area contributed by atoms with E-state index in [1.54, 1.807) is 30.3 Å². The van der Waals surface area contributed by atoms with E-state index in [-0.39, 0.29) is 29.6 Å². The summed E-state index contributed by atoms with van der Waals surface area (Å²) in [4.78, 5) is 16.3. The summed E-state index contributed by atoms with van der Waals surface area (Å²) in [5.41, 5.74) is 16.6. The summed E-state index contributed by atoms with van der Waals surface area (Å²) in [5.74, 6) is -0.903. The van der Waals surface area contributed by atoms with Crippen LogP contribution in [-0.2, 0) is 26.1 Å². The number of sulfonamides is 1. The van der Waals surface area contributed by atoms with Crippen LogP contribution in [0.4, 0.5) is 5.69 Å². The van der Waals surface area contributed by atoms with Gasteiger partial charge in [-0.05, 0) is 41.4 Å². The minimum atomic E-state index is -4.11. The van der Waals surface area contributed by atoms with Crippen LogP contribution in [0.25, 0.3) is 0 Å². The van der Waals surface area contributed by atoms with Crippen molar-refractivity contribution in [3.05, 3.63) is 54.1 Å². The first-order valence-electron chi connectivity index (χ1n) is 9.21. The molecule has 8 N–H and O–H groups in total. The fourth-order valence-corrected chi connectivity index (χ4v) is 3.87. The molecule has 1 atom stereocenters. The zero-order valence-electron chi connectivity index (χ0n) is 16.6. The third kappa shape index (κ3) is 7.68. The number of carbonyl (C=O) groups is 1. The highest BCUT2D eigenvalue weighted by atomic mass is 32.2. The summed E-state index contributed by atoms with van der Waals surface area (Å²) < 4.78 is 32.8. The van der Waals surface area contributed by atoms with Crippen LogP contribution in [0.3, 0.4) is 0 Å². The Hall–Kier alpha value is -3.51. The molecule has 0 aliphatic carbocycles. The number of nitrogens with one attached hydrogen (secondary N) is 1. The fourth-order valence-electron chi connectivity index (χ4n) is 2.55. The number of aliphatic carboxylic acids is 1. The van der Waals surface area contributed by atoms with Gasteiger partial charge in [-0.1, -0.05) is 24.3 Å². The summed E-state index contributed by atoms with van der Waals surface area (Å²) in [6, 6.07) is 11.1. The molecule has 0 aromatic heterocycles. The van der Waals surface area contributed by atoms with Crippen molar-refractivity contribution in [2.45, 2.75) is 23.8 Å². The van der Waals surface area contributed by atoms with Crippen LogP contribution >= 0.6 is 0 Å². The van der Waals surface area contributed by atoms with E-state index in [0.29, 0.717) is 24.3 Å². The van der Waals surface area contributed by atoms with E-state index in [1.165, 1.54) is 18.2 Å². The van der Waals surface area contributed by atoms with Crippen LogP contribution in [0.15, 0.2) is 58.6 Å². The molecular weight excluding hydrogens is 426 g/mol. The molecule has 31 heavy (non-hydrogen) atoms. The molecule has 2 aromatic rings. The molecule has 0 heterocycles. The predicted octanol–water partition coefficient (Wildman–Crippen LogP) is 0.217. The molecule has 0 radical (unpaired) electrons. The number of hydrogen-bond acceptors (Lipinski definition) is 7. The number of carboxylic acid groups (broad SMARTS) is 1. The van der Waals surface area contributed by atoms with Gasteiger partial charge in [0.15, 0.2) is 0 Å². The molecule has 0 unspecified atom stereocenters. The molecule has 168 valence electrons. The highest BCUT2D eigenvalue weighted by Crippen LogP contribution is 2.19. The number of guanidine groups is 1. The second-order valence-corrected chi connectivity index (χ2v) is 8.13. The van der Waals surface area contributed by atoms with Gasteiger partial charge in [0, 0.05) is 6.42 Å². The number of hydrogen-bond donors (Lipinski definition) is 5. The number of carboxylic acids is 1. The first-order valence-corrected chi connectivity index (χ1v) is 10.7. The average Bonchev–Trinajstić information content (AvgIpc) is 2.71. The van der Waals surface area contributed by atoms with Gasteiger partial charge in [-0.3, -0.25) is 4.79 Å². The highest BCUT2D eigenvalue weighted by Gasteiger charge is 2.26. The number of benzene rings is 2. The van der Waals surface area contributed by atoms with Crippen LogP contribution in [0.5, 0.6) is 5.75 Å². The number of para-hydroxylation sites is 1. The Morgan fingerprint density at radius 1 is 1.10 bits per heavy atom. The quantitative estimate of drug-likeness (QED) is 0.0986. The summed E-state index contributed by atoms with van der Waals surface area (Å²) >= 11 is 0. The Morgan fingerprint density at radius 3 is 2.39 bits per heavy atom. The molecule has 0 saturated carbocycles. The van der Waals surface area contributed by atoms with Crippen molar-refractivity contribution < 1.29 is 27.9 Å². The fraction of sp³-hybridized carbons (Fsp3) is 0.263. The number of oxime groups is 1. The lowest BCUT2D eigenvalue weighted by atomic mass is 10.1. The van der Waals surface area contributed by atoms with Gasteiger partial charge < -0.3 is 31.9 Å². The first kappa shape index (κ1) is 23.8. The second-order valence-electron chi connectivity index (χ2n) is 6.45. The molecule has 0 bridgehead atoms. The monoisotopic (exact) mass is 451 g/mol. The first-order chi connectivity index (χ1) is 14.7. The van der Waals surface area contributed by atoms with Crippen molar-refractivity contribution >= 4 is 27.6 Å². The van der Waals surface area contributed by atoms with E-state index in [2.05, 4.69) is 9.88 Å². The van der Waals surface area contributed by atoms with E-state index in [4.69, 9.17) is 26.8 Å². The van der Waals surface area contributed by atoms with Gasteiger partial charge in [0.05, 0.1) is 12.3 Å². The third-order valence-corrected chi connectivity index (χ3v) is 5.53. The summed E-state index contributed by atoms with van der Waals surface area (Å²) in [6.45, 7) is 0.637. The van der Waals surface area contributed by atoms with Crippen LogP contribution in [-0.4, -0.2) is 44.7 Å². The maximum absolute atomic E-state index is 12.5. The van der Waals surface area contributed by atoms with E-state index >= 15 is 0 Å². The molecule has 11 nitrogen and oxygen atoms in total. The molecule has 12 heteroatoms. The number of nitrogens with two attached hydrogens (primary N) is 3. The van der Waals surface area contributed by atoms with Gasteiger partial charge >= 0.3 is 5.97 Å². The number of ether oxygens (including phenoxy) is 1. The standard InChI is InChI=1S/C19H25N5O6S/c20-15-4-1-2-5-17(15)31(27,28)24-16(18(25)26)12-13-6-8-14(9-7-13)29-10-3-11-30-23-19(21)22/h1-2,4-9,16,24H,3,10-12,20H2,(H,25,26)(H4,21,22,23)/t16-/m0/s1. The van der Waals surface area contributed by atoms with Gasteiger partial charge in [0.1, 0.15) is 23.3 Å². The van der Waals surface area contributed by atoms with Gasteiger partial charge in [-0.25, -0.2) is 8.42 Å². The second kappa shape index (κ2) is 11.0. The molecule has 0 spiro atoms. The average molecular weight is 452 g/mol. The Bertz CT molecular complexity index is 1010. The lowest BCUT2D eigenvalue weighted by molar-refractivity contribution is -0.138. The zero-order valence-corrected chi connectivity index (χ0v) is 17.4. The topological polar surface area (TPSA) is 192 Å². The van der Waals surface area contributed by atoms with Gasteiger partial charge in [0.25, 0.3) is 0 Å². The van der Waals surface area contributed by atoms with Crippen molar-refractivity contribution in [2.24, 2.45) is 16.6 Å². The SMILES string of the molecule is NC(N)=NOCCCOc1ccc(C[C@H](NS(=O)(=O)c2ccccc2N)C(=O)O)cc1.